The minimum atomic E-state index is -0.744. The molecular weight excluding hydrogens is 364 g/mol. The van der Waals surface area contributed by atoms with E-state index in [1.54, 1.807) is 48.5 Å². The summed E-state index contributed by atoms with van der Waals surface area (Å²) in [5.74, 6) is -0.647. The van der Waals surface area contributed by atoms with E-state index in [4.69, 9.17) is 21.6 Å². The van der Waals surface area contributed by atoms with Crippen LogP contribution in [0.2, 0.25) is 5.02 Å². The monoisotopic (exact) mass is 384 g/mol. The highest BCUT2D eigenvalue weighted by Gasteiger charge is 2.24. The van der Waals surface area contributed by atoms with E-state index in [1.807, 2.05) is 19.9 Å². The fraction of sp³-hybridized carbons (Fsp3) is 0.286. The number of nitrogens with zero attached hydrogens (tertiary/aromatic N) is 1. The van der Waals surface area contributed by atoms with Crippen molar-refractivity contribution in [2.75, 3.05) is 0 Å². The molecule has 0 spiro atoms. The van der Waals surface area contributed by atoms with E-state index in [0.29, 0.717) is 22.6 Å². The minimum absolute atomic E-state index is 0.0793. The van der Waals surface area contributed by atoms with Crippen LogP contribution < -0.4 is 5.32 Å². The first-order chi connectivity index (χ1) is 12.9. The molecule has 0 heterocycles. The molecule has 140 valence electrons. The zero-order chi connectivity index (χ0) is 19.8. The average molecular weight is 385 g/mol. The number of halogens is 1. The van der Waals surface area contributed by atoms with Crippen LogP contribution in [0, 0.1) is 17.2 Å². The van der Waals surface area contributed by atoms with Gasteiger partial charge in [0.2, 0.25) is 0 Å². The summed E-state index contributed by atoms with van der Waals surface area (Å²) in [6, 6.07) is 14.5. The van der Waals surface area contributed by atoms with Gasteiger partial charge in [-0.05, 0) is 54.3 Å². The zero-order valence-corrected chi connectivity index (χ0v) is 16.0. The Balaban J connectivity index is 2.00. The van der Waals surface area contributed by atoms with Crippen LogP contribution in [0.4, 0.5) is 0 Å². The molecule has 2 aromatic rings. The van der Waals surface area contributed by atoms with Crippen LogP contribution in [-0.2, 0) is 16.1 Å². The topological polar surface area (TPSA) is 79.2 Å². The normalized spacial score (nSPS) is 11.5. The molecule has 0 aliphatic heterocycles. The van der Waals surface area contributed by atoms with E-state index in [0.717, 1.165) is 5.56 Å². The molecule has 5 nitrogen and oxygen atoms in total. The van der Waals surface area contributed by atoms with Gasteiger partial charge in [-0.1, -0.05) is 37.6 Å². The van der Waals surface area contributed by atoms with Crippen molar-refractivity contribution in [2.24, 2.45) is 5.92 Å². The molecule has 0 aliphatic rings. The standard InChI is InChI=1S/C21H21ClN2O3/c1-14(2)11-19(24-20(25)17-7-9-18(22)10-8-17)21(26)27-13-16-5-3-15(12-23)4-6-16/h3-10,14,19H,11,13H2,1-2H3,(H,24,25)/t19-/m0/s1. The predicted molar refractivity (Wildman–Crippen MR) is 103 cm³/mol. The summed E-state index contributed by atoms with van der Waals surface area (Å²) >= 11 is 5.84. The van der Waals surface area contributed by atoms with Gasteiger partial charge in [-0.3, -0.25) is 4.79 Å². The Bertz CT molecular complexity index is 824. The summed E-state index contributed by atoms with van der Waals surface area (Å²) in [7, 11) is 0. The number of nitriles is 1. The highest BCUT2D eigenvalue weighted by molar-refractivity contribution is 6.30. The Morgan fingerprint density at radius 2 is 1.74 bits per heavy atom. The van der Waals surface area contributed by atoms with Crippen LogP contribution >= 0.6 is 11.6 Å². The maximum absolute atomic E-state index is 12.5. The van der Waals surface area contributed by atoms with Gasteiger partial charge in [0, 0.05) is 10.6 Å². The van der Waals surface area contributed by atoms with E-state index < -0.39 is 12.0 Å². The molecule has 0 bridgehead atoms. The van der Waals surface area contributed by atoms with Crippen molar-refractivity contribution in [3.8, 4) is 6.07 Å². The molecular formula is C21H21ClN2O3. The third kappa shape index (κ3) is 6.43. The van der Waals surface area contributed by atoms with Crippen molar-refractivity contribution < 1.29 is 14.3 Å². The van der Waals surface area contributed by atoms with E-state index in [-0.39, 0.29) is 18.4 Å². The molecule has 0 unspecified atom stereocenters. The minimum Gasteiger partial charge on any atom is -0.459 e. The number of hydrogen-bond acceptors (Lipinski definition) is 4. The summed E-state index contributed by atoms with van der Waals surface area (Å²) in [6.07, 6.45) is 0.464. The lowest BCUT2D eigenvalue weighted by atomic mass is 10.0. The second-order valence-corrected chi connectivity index (χ2v) is 7.02. The maximum Gasteiger partial charge on any atom is 0.328 e. The molecule has 6 heteroatoms. The Hall–Kier alpha value is -2.84. The summed E-state index contributed by atoms with van der Waals surface area (Å²) in [4.78, 5) is 24.9. The molecule has 1 amide bonds. The molecule has 0 radical (unpaired) electrons. The molecule has 0 aromatic heterocycles. The number of esters is 1. The second-order valence-electron chi connectivity index (χ2n) is 6.58. The Kier molecular flexibility index (Phi) is 7.39. The number of hydrogen-bond donors (Lipinski definition) is 1. The van der Waals surface area contributed by atoms with Crippen LogP contribution in [-0.4, -0.2) is 17.9 Å². The van der Waals surface area contributed by atoms with E-state index >= 15 is 0 Å². The number of carbonyl (C=O) groups excluding carboxylic acids is 2. The number of amides is 1. The Morgan fingerprint density at radius 1 is 1.11 bits per heavy atom. The lowest BCUT2D eigenvalue weighted by Gasteiger charge is -2.19. The van der Waals surface area contributed by atoms with Gasteiger partial charge in [-0.2, -0.15) is 5.26 Å². The molecule has 0 fully saturated rings. The van der Waals surface area contributed by atoms with Gasteiger partial charge in [0.1, 0.15) is 12.6 Å². The van der Waals surface area contributed by atoms with Crippen molar-refractivity contribution in [3.63, 3.8) is 0 Å². The van der Waals surface area contributed by atoms with Crippen molar-refractivity contribution in [1.29, 1.82) is 5.26 Å². The number of benzene rings is 2. The Morgan fingerprint density at radius 3 is 2.30 bits per heavy atom. The molecule has 2 aromatic carbocycles. The van der Waals surface area contributed by atoms with Crippen LogP contribution in [0.15, 0.2) is 48.5 Å². The molecule has 0 saturated carbocycles. The first kappa shape index (κ1) is 20.5. The molecule has 1 N–H and O–H groups in total. The quantitative estimate of drug-likeness (QED) is 0.729. The lowest BCUT2D eigenvalue weighted by molar-refractivity contribution is -0.147. The average Bonchev–Trinajstić information content (AvgIpc) is 2.66. The van der Waals surface area contributed by atoms with Crippen molar-refractivity contribution >= 4 is 23.5 Å². The van der Waals surface area contributed by atoms with Gasteiger partial charge in [-0.25, -0.2) is 4.79 Å². The smallest absolute Gasteiger partial charge is 0.328 e. The van der Waals surface area contributed by atoms with E-state index in [1.165, 1.54) is 0 Å². The van der Waals surface area contributed by atoms with Gasteiger partial charge in [0.15, 0.2) is 0 Å². The third-order valence-electron chi connectivity index (χ3n) is 3.87. The van der Waals surface area contributed by atoms with E-state index in [9.17, 15) is 9.59 Å². The summed E-state index contributed by atoms with van der Waals surface area (Å²) < 4.78 is 5.36. The molecule has 0 aliphatic carbocycles. The summed E-state index contributed by atoms with van der Waals surface area (Å²) in [5, 5.41) is 12.1. The zero-order valence-electron chi connectivity index (χ0n) is 15.2. The fourth-order valence-electron chi connectivity index (χ4n) is 2.46. The number of ether oxygens (including phenoxy) is 1. The lowest BCUT2D eigenvalue weighted by Crippen LogP contribution is -2.42. The SMILES string of the molecule is CC(C)C[C@H](NC(=O)c1ccc(Cl)cc1)C(=O)OCc1ccc(C#N)cc1. The van der Waals surface area contributed by atoms with E-state index in [2.05, 4.69) is 5.32 Å². The summed E-state index contributed by atoms with van der Waals surface area (Å²) in [5.41, 5.74) is 1.74. The van der Waals surface area contributed by atoms with Crippen LogP contribution in [0.25, 0.3) is 0 Å². The van der Waals surface area contributed by atoms with Gasteiger partial charge in [0.05, 0.1) is 11.6 Å². The molecule has 2 rings (SSSR count). The van der Waals surface area contributed by atoms with Crippen LogP contribution in [0.1, 0.15) is 41.8 Å². The van der Waals surface area contributed by atoms with Crippen molar-refractivity contribution in [1.82, 2.24) is 5.32 Å². The van der Waals surface area contributed by atoms with Gasteiger partial charge in [-0.15, -0.1) is 0 Å². The van der Waals surface area contributed by atoms with Crippen molar-refractivity contribution in [2.45, 2.75) is 32.9 Å². The highest BCUT2D eigenvalue weighted by Crippen LogP contribution is 2.13. The first-order valence-corrected chi connectivity index (χ1v) is 8.99. The van der Waals surface area contributed by atoms with Crippen LogP contribution in [0.3, 0.4) is 0 Å². The third-order valence-corrected chi connectivity index (χ3v) is 4.12. The maximum atomic E-state index is 12.5. The largest absolute Gasteiger partial charge is 0.459 e. The van der Waals surface area contributed by atoms with Crippen molar-refractivity contribution in [3.05, 3.63) is 70.2 Å². The Labute approximate surface area is 163 Å². The molecule has 27 heavy (non-hydrogen) atoms. The molecule has 1 atom stereocenters. The van der Waals surface area contributed by atoms with Gasteiger partial charge in [0.25, 0.3) is 5.91 Å². The summed E-state index contributed by atoms with van der Waals surface area (Å²) in [6.45, 7) is 4.01. The fourth-order valence-corrected chi connectivity index (χ4v) is 2.58. The molecule has 0 saturated heterocycles. The second kappa shape index (κ2) is 9.75. The first-order valence-electron chi connectivity index (χ1n) is 8.61. The number of nitrogens with one attached hydrogen (secondary N) is 1. The van der Waals surface area contributed by atoms with Crippen LogP contribution in [0.5, 0.6) is 0 Å². The van der Waals surface area contributed by atoms with Gasteiger partial charge < -0.3 is 10.1 Å². The highest BCUT2D eigenvalue weighted by atomic mass is 35.5. The number of carbonyl (C=O) groups is 2. The predicted octanol–water partition coefficient (Wildman–Crippen LogP) is 4.10. The van der Waals surface area contributed by atoms with Gasteiger partial charge >= 0.3 is 5.97 Å². The number of rotatable bonds is 7.